The standard InChI is InChI=1S/C12H17FN2/c1-11(2,3)8-5-10(13)9-7-14-15-12(9,4)6-8/h5-7,9,15H,1-4H3. The van der Waals surface area contributed by atoms with E-state index in [1.54, 1.807) is 12.3 Å². The molecule has 0 aromatic carbocycles. The van der Waals surface area contributed by atoms with Crippen LogP contribution in [0.2, 0.25) is 0 Å². The van der Waals surface area contributed by atoms with E-state index in [-0.39, 0.29) is 22.7 Å². The molecular formula is C12H17FN2. The van der Waals surface area contributed by atoms with E-state index in [2.05, 4.69) is 37.4 Å². The highest BCUT2D eigenvalue weighted by atomic mass is 19.1. The Morgan fingerprint density at radius 1 is 1.47 bits per heavy atom. The summed E-state index contributed by atoms with van der Waals surface area (Å²) < 4.78 is 13.9. The molecule has 0 bridgehead atoms. The van der Waals surface area contributed by atoms with Crippen LogP contribution >= 0.6 is 0 Å². The van der Waals surface area contributed by atoms with Gasteiger partial charge in [-0.2, -0.15) is 5.10 Å². The number of hydrogen-bond donors (Lipinski definition) is 1. The first-order chi connectivity index (χ1) is 6.83. The zero-order valence-electron chi connectivity index (χ0n) is 9.63. The molecule has 0 aromatic rings. The Morgan fingerprint density at radius 3 is 2.73 bits per heavy atom. The number of nitrogens with zero attached hydrogens (tertiary/aromatic N) is 1. The van der Waals surface area contributed by atoms with Crippen molar-refractivity contribution >= 4 is 6.21 Å². The fourth-order valence-corrected chi connectivity index (χ4v) is 1.99. The fraction of sp³-hybridized carbons (Fsp3) is 0.583. The van der Waals surface area contributed by atoms with Gasteiger partial charge in [0, 0.05) is 6.21 Å². The normalized spacial score (nSPS) is 34.3. The highest BCUT2D eigenvalue weighted by Crippen LogP contribution is 2.40. The van der Waals surface area contributed by atoms with E-state index in [4.69, 9.17) is 0 Å². The third-order valence-corrected chi connectivity index (χ3v) is 3.09. The van der Waals surface area contributed by atoms with Crippen LogP contribution in [0.4, 0.5) is 4.39 Å². The van der Waals surface area contributed by atoms with Crippen molar-refractivity contribution in [2.45, 2.75) is 33.2 Å². The van der Waals surface area contributed by atoms with Crippen LogP contribution in [0, 0.1) is 11.3 Å². The van der Waals surface area contributed by atoms with Crippen LogP contribution in [-0.4, -0.2) is 11.8 Å². The Bertz CT molecular complexity index is 374. The van der Waals surface area contributed by atoms with Crippen molar-refractivity contribution < 1.29 is 4.39 Å². The second-order valence-corrected chi connectivity index (χ2v) is 5.53. The summed E-state index contributed by atoms with van der Waals surface area (Å²) in [5, 5.41) is 3.97. The van der Waals surface area contributed by atoms with Crippen LogP contribution < -0.4 is 5.43 Å². The number of hydrogen-bond acceptors (Lipinski definition) is 2. The van der Waals surface area contributed by atoms with E-state index in [0.717, 1.165) is 5.57 Å². The van der Waals surface area contributed by atoms with Crippen LogP contribution in [0.15, 0.2) is 28.7 Å². The Hall–Kier alpha value is -1.12. The van der Waals surface area contributed by atoms with Crippen molar-refractivity contribution in [3.63, 3.8) is 0 Å². The molecule has 2 atom stereocenters. The minimum atomic E-state index is -0.387. The highest BCUT2D eigenvalue weighted by Gasteiger charge is 2.41. The van der Waals surface area contributed by atoms with Gasteiger partial charge in [0.2, 0.25) is 0 Å². The summed E-state index contributed by atoms with van der Waals surface area (Å²) in [5.41, 5.74) is 3.58. The Kier molecular flexibility index (Phi) is 2.04. The summed E-state index contributed by atoms with van der Waals surface area (Å²) in [6.45, 7) is 8.23. The topological polar surface area (TPSA) is 24.4 Å². The lowest BCUT2D eigenvalue weighted by Crippen LogP contribution is -2.43. The molecule has 1 heterocycles. The zero-order valence-corrected chi connectivity index (χ0v) is 9.63. The SMILES string of the molecule is CC(C)(C)C1=CC2(C)NN=CC2C(F)=C1. The Balaban J connectivity index is 2.43. The molecule has 0 spiro atoms. The molecule has 0 aromatic heterocycles. The van der Waals surface area contributed by atoms with Gasteiger partial charge in [-0.25, -0.2) is 4.39 Å². The number of halogens is 1. The van der Waals surface area contributed by atoms with E-state index < -0.39 is 0 Å². The summed E-state index contributed by atoms with van der Waals surface area (Å²) in [4.78, 5) is 0. The van der Waals surface area contributed by atoms with Crippen molar-refractivity contribution in [3.8, 4) is 0 Å². The molecule has 0 fully saturated rings. The van der Waals surface area contributed by atoms with Crippen molar-refractivity contribution in [2.75, 3.05) is 0 Å². The quantitative estimate of drug-likeness (QED) is 0.650. The molecular weight excluding hydrogens is 191 g/mol. The third-order valence-electron chi connectivity index (χ3n) is 3.09. The third kappa shape index (κ3) is 1.60. The predicted octanol–water partition coefficient (Wildman–Crippen LogP) is 2.79. The van der Waals surface area contributed by atoms with Gasteiger partial charge in [-0.05, 0) is 24.0 Å². The van der Waals surface area contributed by atoms with Crippen LogP contribution in [0.3, 0.4) is 0 Å². The monoisotopic (exact) mass is 208 g/mol. The van der Waals surface area contributed by atoms with Gasteiger partial charge in [-0.15, -0.1) is 0 Å². The lowest BCUT2D eigenvalue weighted by molar-refractivity contribution is 0.364. The molecule has 82 valence electrons. The van der Waals surface area contributed by atoms with Crippen LogP contribution in [0.1, 0.15) is 27.7 Å². The zero-order chi connectivity index (χ0) is 11.3. The average Bonchev–Trinajstić information content (AvgIpc) is 2.45. The average molecular weight is 208 g/mol. The van der Waals surface area contributed by atoms with Crippen molar-refractivity contribution in [2.24, 2.45) is 16.4 Å². The minimum Gasteiger partial charge on any atom is -0.300 e. The van der Waals surface area contributed by atoms with E-state index in [0.29, 0.717) is 0 Å². The van der Waals surface area contributed by atoms with Crippen LogP contribution in [0.25, 0.3) is 0 Å². The van der Waals surface area contributed by atoms with E-state index >= 15 is 0 Å². The van der Waals surface area contributed by atoms with Crippen LogP contribution in [-0.2, 0) is 0 Å². The Morgan fingerprint density at radius 2 is 2.13 bits per heavy atom. The minimum absolute atomic E-state index is 0.0322. The molecule has 2 nitrogen and oxygen atoms in total. The molecule has 0 amide bonds. The van der Waals surface area contributed by atoms with Gasteiger partial charge in [-0.1, -0.05) is 26.8 Å². The maximum atomic E-state index is 13.9. The second kappa shape index (κ2) is 2.94. The van der Waals surface area contributed by atoms with Crippen LogP contribution in [0.5, 0.6) is 0 Å². The fourth-order valence-electron chi connectivity index (χ4n) is 1.99. The van der Waals surface area contributed by atoms with Gasteiger partial charge in [-0.3, -0.25) is 5.43 Å². The van der Waals surface area contributed by atoms with E-state index in [1.807, 2.05) is 6.92 Å². The smallest absolute Gasteiger partial charge is 0.111 e. The van der Waals surface area contributed by atoms with E-state index in [1.165, 1.54) is 0 Å². The van der Waals surface area contributed by atoms with Crippen molar-refractivity contribution in [1.29, 1.82) is 0 Å². The summed E-state index contributed by atoms with van der Waals surface area (Å²) in [6, 6.07) is 0. The molecule has 2 unspecified atom stereocenters. The molecule has 1 aliphatic carbocycles. The summed E-state index contributed by atoms with van der Waals surface area (Å²) in [6.07, 6.45) is 5.38. The molecule has 15 heavy (non-hydrogen) atoms. The maximum Gasteiger partial charge on any atom is 0.111 e. The molecule has 0 saturated heterocycles. The van der Waals surface area contributed by atoms with Gasteiger partial charge in [0.05, 0.1) is 11.5 Å². The number of rotatable bonds is 0. The number of fused-ring (bicyclic) bond motifs is 1. The van der Waals surface area contributed by atoms with Gasteiger partial charge in [0.1, 0.15) is 5.83 Å². The lowest BCUT2D eigenvalue weighted by atomic mass is 9.74. The predicted molar refractivity (Wildman–Crippen MR) is 60.3 cm³/mol. The van der Waals surface area contributed by atoms with Gasteiger partial charge in [0.25, 0.3) is 0 Å². The largest absolute Gasteiger partial charge is 0.300 e. The van der Waals surface area contributed by atoms with Crippen molar-refractivity contribution in [1.82, 2.24) is 5.43 Å². The summed E-state index contributed by atoms with van der Waals surface area (Å²) >= 11 is 0. The number of hydrazone groups is 1. The number of nitrogens with one attached hydrogen (secondary N) is 1. The summed E-state index contributed by atoms with van der Waals surface area (Å²) in [5.74, 6) is -0.345. The molecule has 1 N–H and O–H groups in total. The summed E-state index contributed by atoms with van der Waals surface area (Å²) in [7, 11) is 0. The Labute approximate surface area is 89.9 Å². The first-order valence-corrected chi connectivity index (χ1v) is 5.24. The molecule has 1 aliphatic heterocycles. The first-order valence-electron chi connectivity index (χ1n) is 5.24. The molecule has 2 aliphatic rings. The van der Waals surface area contributed by atoms with Gasteiger partial charge >= 0.3 is 0 Å². The van der Waals surface area contributed by atoms with Crippen molar-refractivity contribution in [3.05, 3.63) is 23.6 Å². The number of allylic oxidation sites excluding steroid dienone is 2. The first kappa shape index (κ1) is 10.4. The molecule has 0 radical (unpaired) electrons. The molecule has 3 heteroatoms. The van der Waals surface area contributed by atoms with Gasteiger partial charge < -0.3 is 0 Å². The molecule has 2 rings (SSSR count). The molecule has 0 saturated carbocycles. The highest BCUT2D eigenvalue weighted by molar-refractivity contribution is 5.71. The van der Waals surface area contributed by atoms with Gasteiger partial charge in [0.15, 0.2) is 0 Å². The second-order valence-electron chi connectivity index (χ2n) is 5.53. The van der Waals surface area contributed by atoms with E-state index in [9.17, 15) is 4.39 Å². The maximum absolute atomic E-state index is 13.9. The lowest BCUT2D eigenvalue weighted by Gasteiger charge is -2.34.